The van der Waals surface area contributed by atoms with Crippen molar-refractivity contribution >= 4 is 0 Å². The zero-order valence-corrected chi connectivity index (χ0v) is 14.0. The zero-order chi connectivity index (χ0) is 17.2. The van der Waals surface area contributed by atoms with Crippen LogP contribution in [0, 0.1) is 0 Å². The van der Waals surface area contributed by atoms with E-state index in [-0.39, 0.29) is 11.2 Å². The lowest BCUT2D eigenvalue weighted by Crippen LogP contribution is -2.43. The second-order valence-corrected chi connectivity index (χ2v) is 6.51. The van der Waals surface area contributed by atoms with Gasteiger partial charge in [0, 0.05) is 11.3 Å². The second kappa shape index (κ2) is 6.55. The maximum atomic E-state index is 13.1. The minimum Gasteiger partial charge on any atom is -0.293 e. The Balaban J connectivity index is 1.84. The van der Waals surface area contributed by atoms with Crippen LogP contribution in [0.4, 0.5) is 0 Å². The third-order valence-corrected chi connectivity index (χ3v) is 4.85. The summed E-state index contributed by atoms with van der Waals surface area (Å²) in [4.78, 5) is 25.9. The highest BCUT2D eigenvalue weighted by Crippen LogP contribution is 2.18. The first-order chi connectivity index (χ1) is 12.2. The average molecular weight is 332 g/mol. The van der Waals surface area contributed by atoms with E-state index in [1.807, 2.05) is 60.7 Å². The van der Waals surface area contributed by atoms with E-state index in [2.05, 4.69) is 0 Å². The molecule has 25 heavy (non-hydrogen) atoms. The summed E-state index contributed by atoms with van der Waals surface area (Å²) < 4.78 is 3.18. The molecule has 0 radical (unpaired) electrons. The van der Waals surface area contributed by atoms with E-state index in [1.165, 1.54) is 4.57 Å². The molecule has 3 aromatic rings. The Morgan fingerprint density at radius 1 is 0.720 bits per heavy atom. The van der Waals surface area contributed by atoms with Gasteiger partial charge in [-0.3, -0.25) is 13.9 Å². The molecule has 4 heteroatoms. The summed E-state index contributed by atoms with van der Waals surface area (Å²) in [6.07, 6.45) is 2.50. The number of nitrogens with zero attached hydrogens (tertiary/aromatic N) is 2. The van der Waals surface area contributed by atoms with Gasteiger partial charge < -0.3 is 0 Å². The fourth-order valence-corrected chi connectivity index (χ4v) is 3.60. The minimum atomic E-state index is -0.210. The van der Waals surface area contributed by atoms with Gasteiger partial charge in [0.1, 0.15) is 0 Å². The summed E-state index contributed by atoms with van der Waals surface area (Å²) in [5, 5.41) is 0. The van der Waals surface area contributed by atoms with Gasteiger partial charge in [-0.1, -0.05) is 60.7 Å². The topological polar surface area (TPSA) is 44.0 Å². The molecule has 126 valence electrons. The molecule has 1 aliphatic rings. The maximum absolute atomic E-state index is 13.1. The number of hydrogen-bond donors (Lipinski definition) is 0. The average Bonchev–Trinajstić information content (AvgIpc) is 3.14. The summed E-state index contributed by atoms with van der Waals surface area (Å²) in [6, 6.07) is 19.6. The lowest BCUT2D eigenvalue weighted by atomic mass is 10.2. The van der Waals surface area contributed by atoms with Crippen LogP contribution in [-0.4, -0.2) is 9.13 Å². The Morgan fingerprint density at radius 2 is 1.28 bits per heavy atom. The summed E-state index contributed by atoms with van der Waals surface area (Å²) in [5.74, 6) is 0. The Labute approximate surface area is 146 Å². The van der Waals surface area contributed by atoms with Gasteiger partial charge in [-0.15, -0.1) is 0 Å². The number of benzene rings is 2. The van der Waals surface area contributed by atoms with Crippen LogP contribution < -0.4 is 11.2 Å². The van der Waals surface area contributed by atoms with Gasteiger partial charge in [-0.05, 0) is 30.4 Å². The molecule has 0 fully saturated rings. The van der Waals surface area contributed by atoms with Crippen molar-refractivity contribution in [3.8, 4) is 0 Å². The normalized spacial score (nSPS) is 13.0. The Hall–Kier alpha value is -2.88. The van der Waals surface area contributed by atoms with E-state index in [0.717, 1.165) is 41.6 Å². The highest BCUT2D eigenvalue weighted by molar-refractivity contribution is 5.26. The van der Waals surface area contributed by atoms with Crippen LogP contribution in [0.2, 0.25) is 0 Å². The van der Waals surface area contributed by atoms with E-state index < -0.39 is 0 Å². The molecule has 0 aliphatic heterocycles. The predicted molar refractivity (Wildman–Crippen MR) is 98.1 cm³/mol. The van der Waals surface area contributed by atoms with Crippen molar-refractivity contribution in [2.45, 2.75) is 32.4 Å². The van der Waals surface area contributed by atoms with Crippen molar-refractivity contribution in [1.82, 2.24) is 9.13 Å². The predicted octanol–water partition coefficient (Wildman–Crippen LogP) is 2.60. The number of hydrogen-bond acceptors (Lipinski definition) is 2. The van der Waals surface area contributed by atoms with Crippen LogP contribution in [-0.2, 0) is 25.9 Å². The van der Waals surface area contributed by atoms with E-state index in [9.17, 15) is 9.59 Å². The molecular weight excluding hydrogens is 312 g/mol. The van der Waals surface area contributed by atoms with Crippen LogP contribution in [0.1, 0.15) is 28.8 Å². The molecule has 1 aromatic heterocycles. The molecule has 2 aromatic carbocycles. The zero-order valence-electron chi connectivity index (χ0n) is 14.0. The van der Waals surface area contributed by atoms with E-state index in [1.54, 1.807) is 4.57 Å². The van der Waals surface area contributed by atoms with Gasteiger partial charge in [0.25, 0.3) is 5.56 Å². The van der Waals surface area contributed by atoms with Crippen molar-refractivity contribution < 1.29 is 0 Å². The van der Waals surface area contributed by atoms with Crippen LogP contribution in [0.15, 0.2) is 70.3 Å². The lowest BCUT2D eigenvalue weighted by molar-refractivity contribution is 0.589. The third-order valence-electron chi connectivity index (χ3n) is 4.85. The van der Waals surface area contributed by atoms with Crippen molar-refractivity contribution in [3.63, 3.8) is 0 Å². The highest BCUT2D eigenvalue weighted by atomic mass is 16.2. The van der Waals surface area contributed by atoms with E-state index in [0.29, 0.717) is 13.1 Å². The standard InChI is InChI=1S/C21H20N2O2/c24-20-18-12-7-13-19(18)22(14-16-8-3-1-4-9-16)21(25)23(20)15-17-10-5-2-6-11-17/h1-6,8-11H,7,12-15H2. The summed E-state index contributed by atoms with van der Waals surface area (Å²) in [6.45, 7) is 0.831. The number of aromatic nitrogens is 2. The fraction of sp³-hybridized carbons (Fsp3) is 0.238. The minimum absolute atomic E-state index is 0.120. The van der Waals surface area contributed by atoms with Crippen molar-refractivity contribution in [2.75, 3.05) is 0 Å². The first kappa shape index (κ1) is 15.6. The van der Waals surface area contributed by atoms with Gasteiger partial charge in [0.05, 0.1) is 13.1 Å². The van der Waals surface area contributed by atoms with Crippen molar-refractivity contribution in [3.05, 3.63) is 104 Å². The molecule has 0 spiro atoms. The first-order valence-electron chi connectivity index (χ1n) is 8.67. The van der Waals surface area contributed by atoms with Crippen LogP contribution in [0.5, 0.6) is 0 Å². The summed E-state index contributed by atoms with van der Waals surface area (Å²) in [5.41, 5.74) is 3.44. The monoisotopic (exact) mass is 332 g/mol. The molecule has 0 saturated heterocycles. The summed E-state index contributed by atoms with van der Waals surface area (Å²) in [7, 11) is 0. The molecule has 0 unspecified atom stereocenters. The van der Waals surface area contributed by atoms with Gasteiger partial charge in [-0.2, -0.15) is 0 Å². The fourth-order valence-electron chi connectivity index (χ4n) is 3.60. The van der Waals surface area contributed by atoms with Crippen LogP contribution >= 0.6 is 0 Å². The second-order valence-electron chi connectivity index (χ2n) is 6.51. The Kier molecular flexibility index (Phi) is 4.10. The molecule has 0 amide bonds. The van der Waals surface area contributed by atoms with Crippen molar-refractivity contribution in [1.29, 1.82) is 0 Å². The molecule has 4 nitrogen and oxygen atoms in total. The van der Waals surface area contributed by atoms with E-state index in [4.69, 9.17) is 0 Å². The molecule has 4 rings (SSSR count). The largest absolute Gasteiger partial charge is 0.331 e. The quantitative estimate of drug-likeness (QED) is 0.737. The molecular formula is C21H20N2O2. The third kappa shape index (κ3) is 2.95. The molecule has 0 N–H and O–H groups in total. The number of fused-ring (bicyclic) bond motifs is 1. The lowest BCUT2D eigenvalue weighted by Gasteiger charge is -2.16. The first-order valence-corrected chi connectivity index (χ1v) is 8.67. The van der Waals surface area contributed by atoms with E-state index >= 15 is 0 Å². The molecule has 1 heterocycles. The Bertz CT molecular complexity index is 1000. The number of rotatable bonds is 4. The van der Waals surface area contributed by atoms with Crippen molar-refractivity contribution in [2.24, 2.45) is 0 Å². The smallest absolute Gasteiger partial charge is 0.293 e. The Morgan fingerprint density at radius 3 is 1.88 bits per heavy atom. The van der Waals surface area contributed by atoms with Crippen LogP contribution in [0.25, 0.3) is 0 Å². The summed E-state index contributed by atoms with van der Waals surface area (Å²) >= 11 is 0. The molecule has 1 aliphatic carbocycles. The highest BCUT2D eigenvalue weighted by Gasteiger charge is 2.23. The SMILES string of the molecule is O=c1c2c(n(Cc3ccccc3)c(=O)n1Cc1ccccc1)CCC2. The van der Waals surface area contributed by atoms with Gasteiger partial charge in [0.15, 0.2) is 0 Å². The van der Waals surface area contributed by atoms with Crippen LogP contribution in [0.3, 0.4) is 0 Å². The van der Waals surface area contributed by atoms with Gasteiger partial charge >= 0.3 is 5.69 Å². The molecule has 0 atom stereocenters. The molecule has 0 saturated carbocycles. The maximum Gasteiger partial charge on any atom is 0.331 e. The van der Waals surface area contributed by atoms with Gasteiger partial charge in [0.2, 0.25) is 0 Å². The van der Waals surface area contributed by atoms with Gasteiger partial charge in [-0.25, -0.2) is 4.79 Å². The molecule has 0 bridgehead atoms.